The molecule has 3 atom stereocenters. The highest BCUT2D eigenvalue weighted by Gasteiger charge is 2.07. The Bertz CT molecular complexity index is 577. The van der Waals surface area contributed by atoms with Gasteiger partial charge >= 0.3 is 5.97 Å². The van der Waals surface area contributed by atoms with Crippen molar-refractivity contribution in [2.24, 2.45) is 0 Å². The van der Waals surface area contributed by atoms with Crippen LogP contribution in [0.4, 0.5) is 0 Å². The lowest BCUT2D eigenvalue weighted by atomic mass is 10.1. The van der Waals surface area contributed by atoms with Gasteiger partial charge in [0.2, 0.25) is 0 Å². The molecule has 0 aliphatic carbocycles. The van der Waals surface area contributed by atoms with E-state index in [0.717, 1.165) is 32.1 Å². The molecular formula is C25H40O6. The zero-order valence-corrected chi connectivity index (χ0v) is 18.7. The van der Waals surface area contributed by atoms with Gasteiger partial charge in [-0.2, -0.15) is 0 Å². The average molecular weight is 437 g/mol. The molecule has 0 amide bonds. The molecular weight excluding hydrogens is 396 g/mol. The van der Waals surface area contributed by atoms with E-state index in [2.05, 4.69) is 6.92 Å². The maximum absolute atomic E-state index is 11.4. The van der Waals surface area contributed by atoms with E-state index < -0.39 is 24.9 Å². The second-order valence-electron chi connectivity index (χ2n) is 7.23. The molecule has 0 bridgehead atoms. The van der Waals surface area contributed by atoms with Crippen LogP contribution in [0.3, 0.4) is 0 Å². The van der Waals surface area contributed by atoms with Crippen molar-refractivity contribution in [3.8, 4) is 0 Å². The van der Waals surface area contributed by atoms with Crippen molar-refractivity contribution in [3.63, 3.8) is 0 Å². The Labute approximate surface area is 187 Å². The monoisotopic (exact) mass is 436 g/mol. The van der Waals surface area contributed by atoms with Crippen molar-refractivity contribution in [1.82, 2.24) is 0 Å². The molecule has 0 spiro atoms. The first kappa shape index (κ1) is 29.0. The van der Waals surface area contributed by atoms with Gasteiger partial charge in [0.25, 0.3) is 0 Å². The highest BCUT2D eigenvalue weighted by Crippen LogP contribution is 2.06. The van der Waals surface area contributed by atoms with E-state index in [-0.39, 0.29) is 12.6 Å². The summed E-state index contributed by atoms with van der Waals surface area (Å²) in [6.45, 7) is 1.47. The first-order valence-electron chi connectivity index (χ1n) is 11.1. The number of hydrogen-bond acceptors (Lipinski definition) is 6. The van der Waals surface area contributed by atoms with Gasteiger partial charge in [0.15, 0.2) is 0 Å². The molecule has 176 valence electrons. The lowest BCUT2D eigenvalue weighted by Crippen LogP contribution is -2.21. The van der Waals surface area contributed by atoms with Gasteiger partial charge in [-0.1, -0.05) is 74.1 Å². The number of carbonyl (C=O) groups is 1. The van der Waals surface area contributed by atoms with Crippen LogP contribution in [-0.2, 0) is 9.53 Å². The Balaban J connectivity index is 3.75. The van der Waals surface area contributed by atoms with Crippen molar-refractivity contribution in [2.75, 3.05) is 13.2 Å². The highest BCUT2D eigenvalue weighted by atomic mass is 16.5. The van der Waals surface area contributed by atoms with Crippen LogP contribution in [0.1, 0.15) is 58.3 Å². The number of carbonyl (C=O) groups excluding carboxylic acids is 1. The first-order chi connectivity index (χ1) is 15.0. The summed E-state index contributed by atoms with van der Waals surface area (Å²) >= 11 is 0. The largest absolute Gasteiger partial charge is 0.463 e. The standard InChI is InChI=1S/C25H40O6/c1-2-3-10-15-22(27)17-12-8-9-13-18-23(28)16-11-6-4-5-7-14-19-25(30)31-21-24(29)20-26/h3,6,8-13,17-18,22-24,26-29H,2,4-5,7,14-16,19-21H2,1H3/b9-8-,10-3-,11-6-,17-12+,18-13-. The molecule has 0 aliphatic rings. The molecule has 0 saturated heterocycles. The van der Waals surface area contributed by atoms with E-state index in [1.165, 1.54) is 0 Å². The summed E-state index contributed by atoms with van der Waals surface area (Å²) in [4.78, 5) is 11.4. The highest BCUT2D eigenvalue weighted by molar-refractivity contribution is 5.69. The van der Waals surface area contributed by atoms with Crippen LogP contribution in [0.5, 0.6) is 0 Å². The summed E-state index contributed by atoms with van der Waals surface area (Å²) < 4.78 is 4.83. The number of ether oxygens (including phenoxy) is 1. The van der Waals surface area contributed by atoms with Crippen LogP contribution in [-0.4, -0.2) is 57.9 Å². The van der Waals surface area contributed by atoms with E-state index in [1.807, 2.05) is 36.5 Å². The maximum atomic E-state index is 11.4. The minimum atomic E-state index is -1.01. The topological polar surface area (TPSA) is 107 Å². The summed E-state index contributed by atoms with van der Waals surface area (Å²) in [6.07, 6.45) is 22.5. The molecule has 6 nitrogen and oxygen atoms in total. The third kappa shape index (κ3) is 21.0. The molecule has 0 rings (SSSR count). The molecule has 0 radical (unpaired) electrons. The molecule has 0 heterocycles. The summed E-state index contributed by atoms with van der Waals surface area (Å²) in [5.41, 5.74) is 0. The Kier molecular flexibility index (Phi) is 19.9. The van der Waals surface area contributed by atoms with Crippen molar-refractivity contribution in [3.05, 3.63) is 60.8 Å². The van der Waals surface area contributed by atoms with Crippen molar-refractivity contribution in [2.45, 2.75) is 76.6 Å². The van der Waals surface area contributed by atoms with Gasteiger partial charge in [-0.15, -0.1) is 0 Å². The number of aliphatic hydroxyl groups is 4. The molecule has 0 aliphatic heterocycles. The minimum Gasteiger partial charge on any atom is -0.463 e. The Hall–Kier alpha value is -1.99. The third-order valence-electron chi connectivity index (χ3n) is 4.22. The fourth-order valence-electron chi connectivity index (χ4n) is 2.45. The summed E-state index contributed by atoms with van der Waals surface area (Å²) in [6, 6.07) is 0. The molecule has 0 aromatic heterocycles. The lowest BCUT2D eigenvalue weighted by Gasteiger charge is -2.08. The first-order valence-corrected chi connectivity index (χ1v) is 11.1. The number of aliphatic hydroxyl groups excluding tert-OH is 4. The summed E-state index contributed by atoms with van der Waals surface area (Å²) in [7, 11) is 0. The Morgan fingerprint density at radius 1 is 0.839 bits per heavy atom. The molecule has 6 heteroatoms. The summed E-state index contributed by atoms with van der Waals surface area (Å²) in [5, 5.41) is 37.3. The van der Waals surface area contributed by atoms with Gasteiger partial charge in [0.1, 0.15) is 12.7 Å². The van der Waals surface area contributed by atoms with Crippen LogP contribution in [0.2, 0.25) is 0 Å². The third-order valence-corrected chi connectivity index (χ3v) is 4.22. The van der Waals surface area contributed by atoms with Crippen LogP contribution in [0.25, 0.3) is 0 Å². The average Bonchev–Trinajstić information content (AvgIpc) is 2.76. The van der Waals surface area contributed by atoms with Crippen molar-refractivity contribution < 1.29 is 30.0 Å². The van der Waals surface area contributed by atoms with E-state index in [0.29, 0.717) is 19.3 Å². The zero-order chi connectivity index (χ0) is 23.2. The maximum Gasteiger partial charge on any atom is 0.305 e. The molecule has 31 heavy (non-hydrogen) atoms. The van der Waals surface area contributed by atoms with Crippen LogP contribution in [0, 0.1) is 0 Å². The molecule has 4 N–H and O–H groups in total. The van der Waals surface area contributed by atoms with Gasteiger partial charge < -0.3 is 25.2 Å². The van der Waals surface area contributed by atoms with Gasteiger partial charge in [-0.3, -0.25) is 4.79 Å². The Morgan fingerprint density at radius 2 is 1.45 bits per heavy atom. The van der Waals surface area contributed by atoms with E-state index in [1.54, 1.807) is 24.3 Å². The second-order valence-corrected chi connectivity index (χ2v) is 7.23. The van der Waals surface area contributed by atoms with Crippen LogP contribution >= 0.6 is 0 Å². The Morgan fingerprint density at radius 3 is 2.03 bits per heavy atom. The fourth-order valence-corrected chi connectivity index (χ4v) is 2.45. The number of hydrogen-bond donors (Lipinski definition) is 4. The smallest absolute Gasteiger partial charge is 0.305 e. The summed E-state index contributed by atoms with van der Waals surface area (Å²) in [5.74, 6) is -0.359. The normalized spacial score (nSPS) is 15.6. The number of unbranched alkanes of at least 4 members (excludes halogenated alkanes) is 3. The second kappa shape index (κ2) is 21.2. The molecule has 0 aromatic carbocycles. The van der Waals surface area contributed by atoms with Crippen LogP contribution in [0.15, 0.2) is 60.8 Å². The van der Waals surface area contributed by atoms with E-state index in [4.69, 9.17) is 14.9 Å². The quantitative estimate of drug-likeness (QED) is 0.113. The SMILES string of the molecule is CC/C=C\CC(O)/C=C/C=C\C=C/C(O)C/C=C\CCCCCC(=O)OCC(O)CO. The number of rotatable bonds is 18. The van der Waals surface area contributed by atoms with E-state index in [9.17, 15) is 15.0 Å². The van der Waals surface area contributed by atoms with Gasteiger partial charge in [0, 0.05) is 6.42 Å². The predicted octanol–water partition coefficient (Wildman–Crippen LogP) is 3.53. The molecule has 0 aromatic rings. The van der Waals surface area contributed by atoms with Crippen molar-refractivity contribution >= 4 is 5.97 Å². The molecule has 3 unspecified atom stereocenters. The fraction of sp³-hybridized carbons (Fsp3) is 0.560. The lowest BCUT2D eigenvalue weighted by molar-refractivity contribution is -0.147. The van der Waals surface area contributed by atoms with Crippen molar-refractivity contribution in [1.29, 1.82) is 0 Å². The van der Waals surface area contributed by atoms with Gasteiger partial charge in [-0.05, 0) is 38.5 Å². The predicted molar refractivity (Wildman–Crippen MR) is 124 cm³/mol. The van der Waals surface area contributed by atoms with Gasteiger partial charge in [-0.25, -0.2) is 0 Å². The van der Waals surface area contributed by atoms with Gasteiger partial charge in [0.05, 0.1) is 18.8 Å². The number of esters is 1. The number of allylic oxidation sites excluding steroid dienone is 6. The zero-order valence-electron chi connectivity index (χ0n) is 18.7. The molecule has 0 saturated carbocycles. The van der Waals surface area contributed by atoms with E-state index >= 15 is 0 Å². The minimum absolute atomic E-state index is 0.165. The molecule has 0 fully saturated rings. The van der Waals surface area contributed by atoms with Crippen LogP contribution < -0.4 is 0 Å².